The number of alkyl carbamates (subject to hydrolysis) is 1. The van der Waals surface area contributed by atoms with Gasteiger partial charge >= 0.3 is 18.1 Å². The average Bonchev–Trinajstić information content (AvgIpc) is 3.56. The van der Waals surface area contributed by atoms with Crippen molar-refractivity contribution >= 4 is 40.3 Å². The number of piperidine rings is 1. The molecule has 14 nitrogen and oxygen atoms in total. The molecular formula is C29H35F3N10O4. The van der Waals surface area contributed by atoms with Crippen molar-refractivity contribution in [1.82, 2.24) is 34.8 Å². The number of hydrogen-bond acceptors (Lipinski definition) is 10. The van der Waals surface area contributed by atoms with Gasteiger partial charge < -0.3 is 30.4 Å². The topological polar surface area (TPSA) is 158 Å². The molecular weight excluding hydrogens is 609 g/mol. The average molecular weight is 645 g/mol. The molecule has 0 saturated carbocycles. The Kier molecular flexibility index (Phi) is 8.77. The van der Waals surface area contributed by atoms with Crippen LogP contribution >= 0.6 is 0 Å². The van der Waals surface area contributed by atoms with Gasteiger partial charge in [0.2, 0.25) is 0 Å². The van der Waals surface area contributed by atoms with Crippen LogP contribution in [0.3, 0.4) is 0 Å². The molecule has 5 rings (SSSR count). The summed E-state index contributed by atoms with van der Waals surface area (Å²) in [4.78, 5) is 34.6. The van der Waals surface area contributed by atoms with Crippen molar-refractivity contribution in [3.05, 3.63) is 46.9 Å². The summed E-state index contributed by atoms with van der Waals surface area (Å²) in [6, 6.07) is 4.46. The molecule has 4 aromatic rings. The van der Waals surface area contributed by atoms with Gasteiger partial charge in [0.25, 0.3) is 0 Å². The summed E-state index contributed by atoms with van der Waals surface area (Å²) in [6.45, 7) is 8.80. The van der Waals surface area contributed by atoms with E-state index in [4.69, 9.17) is 4.74 Å². The summed E-state index contributed by atoms with van der Waals surface area (Å²) in [5, 5.41) is 25.9. The number of amides is 1. The van der Waals surface area contributed by atoms with Crippen molar-refractivity contribution in [2.24, 2.45) is 0 Å². The van der Waals surface area contributed by atoms with E-state index >= 15 is 0 Å². The molecule has 17 heteroatoms. The summed E-state index contributed by atoms with van der Waals surface area (Å²) in [5.41, 5.74) is 1.31. The molecule has 1 atom stereocenters. The lowest BCUT2D eigenvalue weighted by Crippen LogP contribution is -2.49. The van der Waals surface area contributed by atoms with Crippen molar-refractivity contribution in [2.45, 2.75) is 77.9 Å². The summed E-state index contributed by atoms with van der Waals surface area (Å²) in [5.74, 6) is 0.440. The van der Waals surface area contributed by atoms with Crippen LogP contribution in [0.25, 0.3) is 22.2 Å². The first-order chi connectivity index (χ1) is 21.6. The Balaban J connectivity index is 1.48. The first-order valence-electron chi connectivity index (χ1n) is 14.7. The number of ether oxygens (including phenoxy) is 1. The van der Waals surface area contributed by atoms with Gasteiger partial charge in [0.15, 0.2) is 5.65 Å². The van der Waals surface area contributed by atoms with Crippen LogP contribution in [0.1, 0.15) is 53.5 Å². The first kappa shape index (κ1) is 32.4. The highest BCUT2D eigenvalue weighted by Gasteiger charge is 2.30. The van der Waals surface area contributed by atoms with Crippen molar-refractivity contribution in [2.75, 3.05) is 23.3 Å². The molecule has 1 saturated heterocycles. The Labute approximate surface area is 262 Å². The predicted molar refractivity (Wildman–Crippen MR) is 164 cm³/mol. The van der Waals surface area contributed by atoms with Crippen molar-refractivity contribution in [3.63, 3.8) is 0 Å². The Bertz CT molecular complexity index is 1750. The van der Waals surface area contributed by atoms with E-state index in [0.717, 1.165) is 11.1 Å². The number of fused-ring (bicyclic) bond motifs is 1. The van der Waals surface area contributed by atoms with Gasteiger partial charge in [0, 0.05) is 48.7 Å². The summed E-state index contributed by atoms with van der Waals surface area (Å²) < 4.78 is 46.9. The minimum Gasteiger partial charge on any atom is -0.444 e. The van der Waals surface area contributed by atoms with E-state index in [1.807, 2.05) is 18.7 Å². The second-order valence-corrected chi connectivity index (χ2v) is 12.4. The fourth-order valence-corrected chi connectivity index (χ4v) is 5.25. The number of carbonyl (C=O) groups is 1. The monoisotopic (exact) mass is 644 g/mol. The number of pyridine rings is 2. The Morgan fingerprint density at radius 3 is 2.63 bits per heavy atom. The maximum atomic E-state index is 13.1. The normalized spacial score (nSPS) is 15.8. The van der Waals surface area contributed by atoms with E-state index < -0.39 is 29.3 Å². The Morgan fingerprint density at radius 2 is 1.96 bits per heavy atom. The largest absolute Gasteiger partial charge is 0.444 e. The van der Waals surface area contributed by atoms with Gasteiger partial charge in [-0.3, -0.25) is 4.68 Å². The van der Waals surface area contributed by atoms with Gasteiger partial charge in [-0.15, -0.1) is 0 Å². The fraction of sp³-hybridized carbons (Fsp3) is 0.483. The molecule has 0 spiro atoms. The highest BCUT2D eigenvalue weighted by Crippen LogP contribution is 2.35. The summed E-state index contributed by atoms with van der Waals surface area (Å²) in [6.07, 6.45) is 0.683. The van der Waals surface area contributed by atoms with Gasteiger partial charge in [0.05, 0.1) is 23.0 Å². The van der Waals surface area contributed by atoms with E-state index in [1.165, 1.54) is 17.1 Å². The van der Waals surface area contributed by atoms with E-state index in [1.54, 1.807) is 45.2 Å². The van der Waals surface area contributed by atoms with Crippen LogP contribution in [0.2, 0.25) is 0 Å². The molecule has 0 aromatic carbocycles. The van der Waals surface area contributed by atoms with Gasteiger partial charge in [-0.2, -0.15) is 23.0 Å². The van der Waals surface area contributed by atoms with Crippen LogP contribution in [-0.2, 0) is 11.3 Å². The summed E-state index contributed by atoms with van der Waals surface area (Å²) in [7, 11) is 0. The molecule has 0 unspecified atom stereocenters. The van der Waals surface area contributed by atoms with Crippen LogP contribution in [-0.4, -0.2) is 71.5 Å². The molecule has 246 valence electrons. The van der Waals surface area contributed by atoms with Gasteiger partial charge in [-0.1, -0.05) is 0 Å². The number of nitro groups is 1. The molecule has 1 amide bonds. The molecule has 4 aromatic heterocycles. The third-order valence-corrected chi connectivity index (χ3v) is 7.10. The first-order valence-corrected chi connectivity index (χ1v) is 14.7. The number of anilines is 3. The maximum absolute atomic E-state index is 13.1. The highest BCUT2D eigenvalue weighted by molar-refractivity contribution is 5.86. The lowest BCUT2D eigenvalue weighted by atomic mass is 10.0. The van der Waals surface area contributed by atoms with Crippen LogP contribution in [0.5, 0.6) is 0 Å². The van der Waals surface area contributed by atoms with E-state index in [-0.39, 0.29) is 17.9 Å². The second-order valence-electron chi connectivity index (χ2n) is 12.4. The molecule has 1 aliphatic heterocycles. The molecule has 0 aliphatic carbocycles. The van der Waals surface area contributed by atoms with Crippen LogP contribution in [0.15, 0.2) is 36.8 Å². The van der Waals surface area contributed by atoms with E-state index in [9.17, 15) is 28.1 Å². The quantitative estimate of drug-likeness (QED) is 0.173. The highest BCUT2D eigenvalue weighted by atomic mass is 19.4. The molecule has 2 N–H and O–H groups in total. The van der Waals surface area contributed by atoms with Crippen molar-refractivity contribution in [1.29, 1.82) is 0 Å². The van der Waals surface area contributed by atoms with Crippen LogP contribution in [0.4, 0.5) is 41.1 Å². The fourth-order valence-electron chi connectivity index (χ4n) is 5.25. The number of alkyl halides is 3. The number of hydrogen-bond donors (Lipinski definition) is 2. The second kappa shape index (κ2) is 12.4. The minimum absolute atomic E-state index is 0.192. The third-order valence-electron chi connectivity index (χ3n) is 7.10. The smallest absolute Gasteiger partial charge is 0.408 e. The molecule has 0 bridgehead atoms. The lowest BCUT2D eigenvalue weighted by Gasteiger charge is -2.36. The minimum atomic E-state index is -4.44. The van der Waals surface area contributed by atoms with Crippen molar-refractivity contribution < 1.29 is 27.6 Å². The van der Waals surface area contributed by atoms with Gasteiger partial charge in [0.1, 0.15) is 29.2 Å². The number of rotatable bonds is 8. The number of halogens is 3. The maximum Gasteiger partial charge on any atom is 0.408 e. The molecule has 5 heterocycles. The standard InChI is InChI=1S/C29H35F3N10O4/c1-17(2)41-25-20(26(38-41)42(44)45)8-9-23(37-25)36-24-11-22(21(13-33-24)18-12-34-40(14-18)16-29(30,31)32)39-10-6-7-19(15-39)35-27(43)46-28(3,4)5/h8-9,11-14,17,19H,6-7,10,15-16H2,1-5H3,(H,35,43)(H,33,36,37)/t19-/m0/s1. The summed E-state index contributed by atoms with van der Waals surface area (Å²) >= 11 is 0. The zero-order chi connectivity index (χ0) is 33.4. The predicted octanol–water partition coefficient (Wildman–Crippen LogP) is 5.98. The van der Waals surface area contributed by atoms with Crippen LogP contribution < -0.4 is 15.5 Å². The van der Waals surface area contributed by atoms with Crippen LogP contribution in [0, 0.1) is 10.1 Å². The number of nitrogens with one attached hydrogen (secondary N) is 2. The zero-order valence-electron chi connectivity index (χ0n) is 26.0. The third kappa shape index (κ3) is 7.63. The Hall–Kier alpha value is -4.96. The molecule has 1 fully saturated rings. The van der Waals surface area contributed by atoms with Gasteiger partial charge in [-0.25, -0.2) is 14.8 Å². The molecule has 0 radical (unpaired) electrons. The van der Waals surface area contributed by atoms with Crippen molar-refractivity contribution in [3.8, 4) is 11.1 Å². The number of carbonyl (C=O) groups excluding carboxylic acids is 1. The Morgan fingerprint density at radius 1 is 1.20 bits per heavy atom. The van der Waals surface area contributed by atoms with Gasteiger partial charge in [-0.05, 0) is 64.5 Å². The molecule has 46 heavy (non-hydrogen) atoms. The van der Waals surface area contributed by atoms with E-state index in [2.05, 4.69) is 30.8 Å². The number of aromatic nitrogens is 6. The lowest BCUT2D eigenvalue weighted by molar-refractivity contribution is -0.388. The van der Waals surface area contributed by atoms with E-state index in [0.29, 0.717) is 59.0 Å². The molecule has 1 aliphatic rings. The number of nitrogens with zero attached hydrogens (tertiary/aromatic N) is 8. The SMILES string of the molecule is CC(C)n1nc([N+](=O)[O-])c2ccc(Nc3cc(N4CCC[C@H](NC(=O)OC(C)(C)C)C4)c(-c4cnn(CC(F)(F)F)c4)cn3)nc21. The zero-order valence-corrected chi connectivity index (χ0v) is 26.0.